The van der Waals surface area contributed by atoms with Crippen LogP contribution in [-0.4, -0.2) is 33.5 Å². The van der Waals surface area contributed by atoms with Crippen LogP contribution in [0.4, 0.5) is 0 Å². The summed E-state index contributed by atoms with van der Waals surface area (Å²) in [4.78, 5) is 0. The van der Waals surface area contributed by atoms with Gasteiger partial charge in [0.2, 0.25) is 0 Å². The molecule has 0 radical (unpaired) electrons. The van der Waals surface area contributed by atoms with E-state index in [1.807, 2.05) is 0 Å². The van der Waals surface area contributed by atoms with E-state index in [1.54, 1.807) is 6.08 Å². The van der Waals surface area contributed by atoms with Crippen molar-refractivity contribution in [3.8, 4) is 0 Å². The highest BCUT2D eigenvalue weighted by atomic mass is 32.2. The Labute approximate surface area is 68.4 Å². The predicted octanol–water partition coefficient (Wildman–Crippen LogP) is 0.197. The van der Waals surface area contributed by atoms with Crippen molar-refractivity contribution < 1.29 is 8.42 Å². The van der Waals surface area contributed by atoms with Crippen molar-refractivity contribution >= 4 is 9.84 Å². The first-order valence-electron chi connectivity index (χ1n) is 3.55. The van der Waals surface area contributed by atoms with Gasteiger partial charge in [0.1, 0.15) is 9.84 Å². The fourth-order valence-electron chi connectivity index (χ4n) is 0.663. The van der Waals surface area contributed by atoms with E-state index < -0.39 is 9.84 Å². The zero-order valence-corrected chi connectivity index (χ0v) is 7.65. The third-order valence-electron chi connectivity index (χ3n) is 1.16. The summed E-state index contributed by atoms with van der Waals surface area (Å²) in [5.41, 5.74) is 0. The Morgan fingerprint density at radius 3 is 2.64 bits per heavy atom. The van der Waals surface area contributed by atoms with Crippen molar-refractivity contribution in [2.75, 3.05) is 25.1 Å². The smallest absolute Gasteiger partial charge is 0.147 e. The normalized spacial score (nSPS) is 11.4. The molecule has 0 spiro atoms. The molecule has 0 aliphatic heterocycles. The molecular formula is C7H15NO2S. The van der Waals surface area contributed by atoms with Crippen LogP contribution in [0.25, 0.3) is 0 Å². The predicted molar refractivity (Wildman–Crippen MR) is 47.4 cm³/mol. The van der Waals surface area contributed by atoms with Gasteiger partial charge in [0.05, 0.1) is 5.75 Å². The van der Waals surface area contributed by atoms with Crippen LogP contribution in [0.3, 0.4) is 0 Å². The standard InChI is InChI=1S/C7H15NO2S/c1-3-5-8-6-4-7-11(2,9)10/h3,8H,1,4-7H2,2H3. The van der Waals surface area contributed by atoms with Crippen LogP contribution in [0.1, 0.15) is 6.42 Å². The number of hydrogen-bond donors (Lipinski definition) is 1. The maximum Gasteiger partial charge on any atom is 0.147 e. The van der Waals surface area contributed by atoms with E-state index in [2.05, 4.69) is 11.9 Å². The molecule has 0 heterocycles. The van der Waals surface area contributed by atoms with Gasteiger partial charge >= 0.3 is 0 Å². The fraction of sp³-hybridized carbons (Fsp3) is 0.714. The summed E-state index contributed by atoms with van der Waals surface area (Å²) in [6.07, 6.45) is 3.67. The summed E-state index contributed by atoms with van der Waals surface area (Å²) in [5, 5.41) is 3.03. The highest BCUT2D eigenvalue weighted by molar-refractivity contribution is 7.90. The molecule has 4 heteroatoms. The Morgan fingerprint density at radius 2 is 2.18 bits per heavy atom. The van der Waals surface area contributed by atoms with Crippen molar-refractivity contribution in [1.29, 1.82) is 0 Å². The number of sulfone groups is 1. The highest BCUT2D eigenvalue weighted by Gasteiger charge is 1.99. The van der Waals surface area contributed by atoms with Gasteiger partial charge in [-0.15, -0.1) is 6.58 Å². The van der Waals surface area contributed by atoms with Crippen LogP contribution < -0.4 is 5.32 Å². The first kappa shape index (κ1) is 10.7. The summed E-state index contributed by atoms with van der Waals surface area (Å²) in [6, 6.07) is 0. The maximum atomic E-state index is 10.6. The maximum absolute atomic E-state index is 10.6. The Bertz CT molecular complexity index is 196. The minimum atomic E-state index is -2.78. The van der Waals surface area contributed by atoms with E-state index in [9.17, 15) is 8.42 Å². The lowest BCUT2D eigenvalue weighted by Crippen LogP contribution is -2.17. The number of hydrogen-bond acceptors (Lipinski definition) is 3. The van der Waals surface area contributed by atoms with Crippen molar-refractivity contribution in [3.63, 3.8) is 0 Å². The molecule has 0 aliphatic carbocycles. The molecule has 0 aromatic heterocycles. The lowest BCUT2D eigenvalue weighted by molar-refractivity contribution is 0.596. The molecule has 0 fully saturated rings. The van der Waals surface area contributed by atoms with Gasteiger partial charge in [-0.05, 0) is 13.0 Å². The van der Waals surface area contributed by atoms with Crippen molar-refractivity contribution in [2.45, 2.75) is 6.42 Å². The number of nitrogens with one attached hydrogen (secondary N) is 1. The minimum absolute atomic E-state index is 0.261. The Morgan fingerprint density at radius 1 is 1.55 bits per heavy atom. The first-order valence-corrected chi connectivity index (χ1v) is 5.61. The van der Waals surface area contributed by atoms with Crippen molar-refractivity contribution in [2.24, 2.45) is 0 Å². The Balaban J connectivity index is 3.22. The van der Waals surface area contributed by atoms with Gasteiger partial charge in [-0.1, -0.05) is 6.08 Å². The van der Waals surface area contributed by atoms with Crippen LogP contribution in [0.5, 0.6) is 0 Å². The molecule has 0 bridgehead atoms. The van der Waals surface area contributed by atoms with E-state index in [0.29, 0.717) is 6.42 Å². The third kappa shape index (κ3) is 9.65. The summed E-state index contributed by atoms with van der Waals surface area (Å²) in [6.45, 7) is 5.00. The second-order valence-electron chi connectivity index (χ2n) is 2.48. The van der Waals surface area contributed by atoms with E-state index in [-0.39, 0.29) is 5.75 Å². The molecular weight excluding hydrogens is 162 g/mol. The van der Waals surface area contributed by atoms with E-state index in [0.717, 1.165) is 13.1 Å². The Hall–Kier alpha value is -0.350. The van der Waals surface area contributed by atoms with Crippen LogP contribution in [-0.2, 0) is 9.84 Å². The zero-order valence-electron chi connectivity index (χ0n) is 6.84. The van der Waals surface area contributed by atoms with Gasteiger partial charge in [-0.3, -0.25) is 0 Å². The fourth-order valence-corrected chi connectivity index (χ4v) is 1.33. The molecule has 66 valence electrons. The average Bonchev–Trinajstić information content (AvgIpc) is 1.85. The molecule has 0 unspecified atom stereocenters. The largest absolute Gasteiger partial charge is 0.313 e. The van der Waals surface area contributed by atoms with Crippen LogP contribution >= 0.6 is 0 Å². The van der Waals surface area contributed by atoms with E-state index in [1.165, 1.54) is 6.26 Å². The number of rotatable bonds is 6. The van der Waals surface area contributed by atoms with Crippen LogP contribution in [0, 0.1) is 0 Å². The molecule has 3 nitrogen and oxygen atoms in total. The summed E-state index contributed by atoms with van der Waals surface area (Å²) in [7, 11) is -2.78. The Kier molecular flexibility index (Phi) is 5.15. The summed E-state index contributed by atoms with van der Waals surface area (Å²) < 4.78 is 21.2. The molecule has 1 N–H and O–H groups in total. The molecule has 0 rings (SSSR count). The van der Waals surface area contributed by atoms with Gasteiger partial charge in [-0.25, -0.2) is 8.42 Å². The molecule has 11 heavy (non-hydrogen) atoms. The lowest BCUT2D eigenvalue weighted by atomic mass is 10.5. The minimum Gasteiger partial charge on any atom is -0.313 e. The molecule has 0 atom stereocenters. The van der Waals surface area contributed by atoms with Gasteiger partial charge in [0, 0.05) is 12.8 Å². The lowest BCUT2D eigenvalue weighted by Gasteiger charge is -1.99. The van der Waals surface area contributed by atoms with Crippen molar-refractivity contribution in [3.05, 3.63) is 12.7 Å². The molecule has 0 amide bonds. The van der Waals surface area contributed by atoms with Crippen molar-refractivity contribution in [1.82, 2.24) is 5.32 Å². The van der Waals surface area contributed by atoms with Gasteiger partial charge in [0.15, 0.2) is 0 Å². The third-order valence-corrected chi connectivity index (χ3v) is 2.19. The van der Waals surface area contributed by atoms with E-state index >= 15 is 0 Å². The molecule has 0 aromatic carbocycles. The van der Waals surface area contributed by atoms with E-state index in [4.69, 9.17) is 0 Å². The second-order valence-corrected chi connectivity index (χ2v) is 4.74. The molecule has 0 aromatic rings. The van der Waals surface area contributed by atoms with Crippen LogP contribution in [0.2, 0.25) is 0 Å². The zero-order chi connectivity index (χ0) is 8.74. The quantitative estimate of drug-likeness (QED) is 0.465. The molecule has 0 aliphatic rings. The molecule has 0 saturated carbocycles. The van der Waals surface area contributed by atoms with Crippen LogP contribution in [0.15, 0.2) is 12.7 Å². The van der Waals surface area contributed by atoms with Gasteiger partial charge in [0.25, 0.3) is 0 Å². The average molecular weight is 177 g/mol. The first-order chi connectivity index (χ1) is 5.06. The monoisotopic (exact) mass is 177 g/mol. The summed E-state index contributed by atoms with van der Waals surface area (Å²) >= 11 is 0. The van der Waals surface area contributed by atoms with Gasteiger partial charge < -0.3 is 5.32 Å². The SMILES string of the molecule is C=CCNCCCS(C)(=O)=O. The summed E-state index contributed by atoms with van der Waals surface area (Å²) in [5.74, 6) is 0.261. The van der Waals surface area contributed by atoms with Gasteiger partial charge in [-0.2, -0.15) is 0 Å². The highest BCUT2D eigenvalue weighted by Crippen LogP contribution is 1.86. The molecule has 0 saturated heterocycles. The second kappa shape index (κ2) is 5.32. The topological polar surface area (TPSA) is 46.2 Å².